The maximum absolute atomic E-state index is 10.7. The lowest BCUT2D eigenvalue weighted by Crippen LogP contribution is -2.39. The molecule has 2 atom stereocenters. The van der Waals surface area contributed by atoms with Crippen LogP contribution in [0.5, 0.6) is 0 Å². The molecule has 2 unspecified atom stereocenters. The third-order valence-corrected chi connectivity index (χ3v) is 4.26. The van der Waals surface area contributed by atoms with Gasteiger partial charge in [-0.2, -0.15) is 0 Å². The standard InChI is InChI=1S/C17H27NO/c1-13(2)14-7-9-15(10-8-14)17(3,19)12-16-6-4-5-11-18-16/h7-10,13,16,18-19H,4-6,11-12H2,1-3H3. The van der Waals surface area contributed by atoms with E-state index in [2.05, 4.69) is 43.4 Å². The molecule has 0 aromatic heterocycles. The molecule has 0 amide bonds. The Bertz CT molecular complexity index is 388. The maximum atomic E-state index is 10.7. The molecule has 1 aliphatic rings. The molecule has 1 aromatic rings. The molecule has 2 heteroatoms. The number of hydrogen-bond acceptors (Lipinski definition) is 2. The SMILES string of the molecule is CC(C)c1ccc(C(C)(O)CC2CCCCN2)cc1. The first kappa shape index (κ1) is 14.5. The highest BCUT2D eigenvalue weighted by atomic mass is 16.3. The van der Waals surface area contributed by atoms with Crippen molar-refractivity contribution in [2.24, 2.45) is 0 Å². The van der Waals surface area contributed by atoms with Crippen molar-refractivity contribution in [1.82, 2.24) is 5.32 Å². The fourth-order valence-electron chi connectivity index (χ4n) is 2.92. The van der Waals surface area contributed by atoms with Crippen LogP contribution < -0.4 is 5.32 Å². The topological polar surface area (TPSA) is 32.3 Å². The molecule has 2 nitrogen and oxygen atoms in total. The molecule has 0 spiro atoms. The molecular weight excluding hydrogens is 234 g/mol. The molecule has 1 aromatic carbocycles. The van der Waals surface area contributed by atoms with Crippen LogP contribution in [0.4, 0.5) is 0 Å². The van der Waals surface area contributed by atoms with Gasteiger partial charge in [-0.1, -0.05) is 44.5 Å². The summed E-state index contributed by atoms with van der Waals surface area (Å²) < 4.78 is 0. The van der Waals surface area contributed by atoms with Crippen LogP contribution in [-0.4, -0.2) is 17.7 Å². The highest BCUT2D eigenvalue weighted by Crippen LogP contribution is 2.29. The van der Waals surface area contributed by atoms with Gasteiger partial charge in [-0.25, -0.2) is 0 Å². The summed E-state index contributed by atoms with van der Waals surface area (Å²) in [6, 6.07) is 8.90. The molecule has 0 aliphatic carbocycles. The number of nitrogens with one attached hydrogen (secondary N) is 1. The van der Waals surface area contributed by atoms with Gasteiger partial charge in [0.05, 0.1) is 5.60 Å². The van der Waals surface area contributed by atoms with E-state index in [0.29, 0.717) is 12.0 Å². The van der Waals surface area contributed by atoms with E-state index in [4.69, 9.17) is 0 Å². The molecule has 19 heavy (non-hydrogen) atoms. The van der Waals surface area contributed by atoms with Gasteiger partial charge in [0, 0.05) is 6.04 Å². The zero-order valence-corrected chi connectivity index (χ0v) is 12.4. The van der Waals surface area contributed by atoms with Crippen LogP contribution in [-0.2, 0) is 5.60 Å². The van der Waals surface area contributed by atoms with Crippen molar-refractivity contribution in [3.63, 3.8) is 0 Å². The summed E-state index contributed by atoms with van der Waals surface area (Å²) in [5, 5.41) is 14.2. The predicted octanol–water partition coefficient (Wildman–Crippen LogP) is 3.55. The fourth-order valence-corrected chi connectivity index (χ4v) is 2.92. The molecule has 0 radical (unpaired) electrons. The van der Waals surface area contributed by atoms with Crippen LogP contribution in [0.25, 0.3) is 0 Å². The van der Waals surface area contributed by atoms with E-state index < -0.39 is 5.60 Å². The molecule has 1 heterocycles. The third-order valence-electron chi connectivity index (χ3n) is 4.26. The summed E-state index contributed by atoms with van der Waals surface area (Å²) in [7, 11) is 0. The Morgan fingerprint density at radius 3 is 2.47 bits per heavy atom. The van der Waals surface area contributed by atoms with Gasteiger partial charge in [-0.15, -0.1) is 0 Å². The second kappa shape index (κ2) is 6.06. The Balaban J connectivity index is 2.05. The lowest BCUT2D eigenvalue weighted by molar-refractivity contribution is 0.0332. The first-order chi connectivity index (χ1) is 8.99. The van der Waals surface area contributed by atoms with Gasteiger partial charge in [-0.05, 0) is 49.8 Å². The van der Waals surface area contributed by atoms with Gasteiger partial charge >= 0.3 is 0 Å². The molecule has 0 saturated carbocycles. The lowest BCUT2D eigenvalue weighted by atomic mass is 9.85. The molecule has 2 N–H and O–H groups in total. The number of hydrogen-bond donors (Lipinski definition) is 2. The van der Waals surface area contributed by atoms with Crippen molar-refractivity contribution in [2.75, 3.05) is 6.54 Å². The molecule has 106 valence electrons. The smallest absolute Gasteiger partial charge is 0.0883 e. The van der Waals surface area contributed by atoms with Crippen LogP contribution in [0.3, 0.4) is 0 Å². The first-order valence-electron chi connectivity index (χ1n) is 7.55. The van der Waals surface area contributed by atoms with Crippen molar-refractivity contribution in [3.05, 3.63) is 35.4 Å². The first-order valence-corrected chi connectivity index (χ1v) is 7.55. The van der Waals surface area contributed by atoms with Crippen LogP contribution in [0.15, 0.2) is 24.3 Å². The summed E-state index contributed by atoms with van der Waals surface area (Å²) in [4.78, 5) is 0. The average molecular weight is 261 g/mol. The Kier molecular flexibility index (Phi) is 4.64. The maximum Gasteiger partial charge on any atom is 0.0883 e. The summed E-state index contributed by atoms with van der Waals surface area (Å²) in [5.41, 5.74) is 1.63. The molecule has 1 saturated heterocycles. The Hall–Kier alpha value is -0.860. The monoisotopic (exact) mass is 261 g/mol. The summed E-state index contributed by atoms with van der Waals surface area (Å²) in [6.07, 6.45) is 4.52. The van der Waals surface area contributed by atoms with E-state index in [-0.39, 0.29) is 0 Å². The number of aliphatic hydroxyl groups is 1. The van der Waals surface area contributed by atoms with E-state index in [0.717, 1.165) is 18.5 Å². The molecular formula is C17H27NO. The quantitative estimate of drug-likeness (QED) is 0.868. The van der Waals surface area contributed by atoms with Gasteiger partial charge in [0.25, 0.3) is 0 Å². The van der Waals surface area contributed by atoms with Gasteiger partial charge in [0.2, 0.25) is 0 Å². The van der Waals surface area contributed by atoms with Crippen LogP contribution >= 0.6 is 0 Å². The largest absolute Gasteiger partial charge is 0.385 e. The normalized spacial score (nSPS) is 23.3. The van der Waals surface area contributed by atoms with Crippen LogP contribution in [0.1, 0.15) is 63.5 Å². The zero-order valence-electron chi connectivity index (χ0n) is 12.4. The minimum absolute atomic E-state index is 0.452. The van der Waals surface area contributed by atoms with Crippen molar-refractivity contribution in [3.8, 4) is 0 Å². The highest BCUT2D eigenvalue weighted by Gasteiger charge is 2.28. The molecule has 2 rings (SSSR count). The Labute approximate surface area is 117 Å². The van der Waals surface area contributed by atoms with Crippen molar-refractivity contribution >= 4 is 0 Å². The van der Waals surface area contributed by atoms with Crippen molar-refractivity contribution in [1.29, 1.82) is 0 Å². The fraction of sp³-hybridized carbons (Fsp3) is 0.647. The van der Waals surface area contributed by atoms with E-state index >= 15 is 0 Å². The van der Waals surface area contributed by atoms with Gasteiger partial charge in [0.1, 0.15) is 0 Å². The third kappa shape index (κ3) is 3.80. The van der Waals surface area contributed by atoms with Gasteiger partial charge in [-0.3, -0.25) is 0 Å². The summed E-state index contributed by atoms with van der Waals surface area (Å²) >= 11 is 0. The van der Waals surface area contributed by atoms with E-state index in [1.165, 1.54) is 24.8 Å². The molecule has 1 aliphatic heterocycles. The number of rotatable bonds is 4. The summed E-state index contributed by atoms with van der Waals surface area (Å²) in [6.45, 7) is 7.42. The van der Waals surface area contributed by atoms with E-state index in [9.17, 15) is 5.11 Å². The van der Waals surface area contributed by atoms with Gasteiger partial charge in [0.15, 0.2) is 0 Å². The van der Waals surface area contributed by atoms with Crippen molar-refractivity contribution in [2.45, 2.75) is 64.0 Å². The zero-order chi connectivity index (χ0) is 13.9. The number of benzene rings is 1. The minimum atomic E-state index is -0.732. The van der Waals surface area contributed by atoms with E-state index in [1.54, 1.807) is 0 Å². The second-order valence-corrected chi connectivity index (χ2v) is 6.40. The summed E-state index contributed by atoms with van der Waals surface area (Å²) in [5.74, 6) is 0.541. The Morgan fingerprint density at radius 2 is 1.95 bits per heavy atom. The Morgan fingerprint density at radius 1 is 1.26 bits per heavy atom. The second-order valence-electron chi connectivity index (χ2n) is 6.40. The minimum Gasteiger partial charge on any atom is -0.385 e. The van der Waals surface area contributed by atoms with Crippen LogP contribution in [0.2, 0.25) is 0 Å². The van der Waals surface area contributed by atoms with Gasteiger partial charge < -0.3 is 10.4 Å². The molecule has 1 fully saturated rings. The number of piperidine rings is 1. The van der Waals surface area contributed by atoms with Crippen molar-refractivity contribution < 1.29 is 5.11 Å². The highest BCUT2D eigenvalue weighted by molar-refractivity contribution is 5.28. The predicted molar refractivity (Wildman–Crippen MR) is 80.4 cm³/mol. The lowest BCUT2D eigenvalue weighted by Gasteiger charge is -2.32. The van der Waals surface area contributed by atoms with Crippen LogP contribution in [0, 0.1) is 0 Å². The average Bonchev–Trinajstić information content (AvgIpc) is 2.39. The molecule has 0 bridgehead atoms. The van der Waals surface area contributed by atoms with E-state index in [1.807, 2.05) is 6.92 Å².